The normalized spacial score (nSPS) is 11.5. The van der Waals surface area contributed by atoms with Crippen molar-refractivity contribution in [1.29, 1.82) is 0 Å². The van der Waals surface area contributed by atoms with Crippen LogP contribution in [0.25, 0.3) is 16.7 Å². The lowest BCUT2D eigenvalue weighted by molar-refractivity contribution is 0.857. The monoisotopic (exact) mass is 449 g/mol. The van der Waals surface area contributed by atoms with Gasteiger partial charge in [-0.3, -0.25) is 13.8 Å². The van der Waals surface area contributed by atoms with Crippen LogP contribution in [0, 0.1) is 13.8 Å². The second-order valence-corrected chi connectivity index (χ2v) is 9.49. The molecule has 3 aromatic heterocycles. The summed E-state index contributed by atoms with van der Waals surface area (Å²) in [6, 6.07) is 14.0. The first kappa shape index (κ1) is 19.7. The summed E-state index contributed by atoms with van der Waals surface area (Å²) >= 11 is 3.03. The number of aromatic nitrogens is 6. The van der Waals surface area contributed by atoms with Crippen LogP contribution in [-0.4, -0.2) is 29.4 Å². The zero-order chi connectivity index (χ0) is 21.5. The summed E-state index contributed by atoms with van der Waals surface area (Å²) in [5.74, 6) is 1.84. The van der Waals surface area contributed by atoms with E-state index in [0.29, 0.717) is 16.9 Å². The Morgan fingerprint density at radius 3 is 2.71 bits per heavy atom. The summed E-state index contributed by atoms with van der Waals surface area (Å²) < 4.78 is 4.31. The van der Waals surface area contributed by atoms with Crippen molar-refractivity contribution in [2.24, 2.45) is 7.05 Å². The number of benzene rings is 2. The number of fused-ring (bicyclic) bond motifs is 3. The SMILES string of the molecule is Cc1cccc(Nc2nnc(SCc3nnc4n(C)c(=O)c5cc(C)ccc5n34)s2)c1. The molecule has 5 rings (SSSR count). The highest BCUT2D eigenvalue weighted by molar-refractivity contribution is 8.00. The van der Waals surface area contributed by atoms with Crippen molar-refractivity contribution in [3.8, 4) is 0 Å². The van der Waals surface area contributed by atoms with Crippen LogP contribution in [0.3, 0.4) is 0 Å². The van der Waals surface area contributed by atoms with Gasteiger partial charge in [-0.25, -0.2) is 0 Å². The van der Waals surface area contributed by atoms with Crippen LogP contribution in [0.4, 0.5) is 10.8 Å². The smallest absolute Gasteiger partial charge is 0.262 e. The van der Waals surface area contributed by atoms with E-state index in [-0.39, 0.29) is 5.56 Å². The third kappa shape index (κ3) is 3.68. The number of hydrogen-bond acceptors (Lipinski definition) is 8. The topological polar surface area (TPSA) is 90.0 Å². The molecule has 1 N–H and O–H groups in total. The molecule has 0 bridgehead atoms. The summed E-state index contributed by atoms with van der Waals surface area (Å²) in [7, 11) is 1.72. The number of rotatable bonds is 5. The Morgan fingerprint density at radius 1 is 1.03 bits per heavy atom. The third-order valence-corrected chi connectivity index (χ3v) is 6.91. The minimum absolute atomic E-state index is 0.0752. The summed E-state index contributed by atoms with van der Waals surface area (Å²) in [5.41, 5.74) is 3.94. The van der Waals surface area contributed by atoms with Crippen molar-refractivity contribution in [3.05, 3.63) is 69.8 Å². The van der Waals surface area contributed by atoms with E-state index in [2.05, 4.69) is 44.8 Å². The van der Waals surface area contributed by atoms with Gasteiger partial charge in [0.05, 0.1) is 16.7 Å². The van der Waals surface area contributed by atoms with Gasteiger partial charge in [0.1, 0.15) is 5.82 Å². The molecule has 0 spiro atoms. The number of nitrogens with one attached hydrogen (secondary N) is 1. The molecule has 2 aromatic carbocycles. The van der Waals surface area contributed by atoms with Crippen LogP contribution in [0.5, 0.6) is 0 Å². The standard InChI is InChI=1S/C21H19N7OS2/c1-12-5-4-6-14(9-12)22-19-24-26-21(31-19)30-11-17-23-25-20-27(3)18(29)15-10-13(2)7-8-16(15)28(17)20/h4-10H,11H2,1-3H3,(H,22,24). The predicted molar refractivity (Wildman–Crippen MR) is 124 cm³/mol. The van der Waals surface area contributed by atoms with E-state index in [1.54, 1.807) is 18.8 Å². The molecular formula is C21H19N7OS2. The van der Waals surface area contributed by atoms with Gasteiger partial charge in [-0.2, -0.15) is 0 Å². The van der Waals surface area contributed by atoms with Crippen molar-refractivity contribution in [2.45, 2.75) is 23.9 Å². The number of nitrogens with zero attached hydrogens (tertiary/aromatic N) is 6. The maximum atomic E-state index is 12.7. The average Bonchev–Trinajstić information content (AvgIpc) is 3.37. The van der Waals surface area contributed by atoms with E-state index in [1.807, 2.05) is 41.7 Å². The Bertz CT molecular complexity index is 1480. The van der Waals surface area contributed by atoms with Crippen LogP contribution >= 0.6 is 23.1 Å². The molecule has 0 fully saturated rings. The molecule has 3 heterocycles. The van der Waals surface area contributed by atoms with Crippen molar-refractivity contribution in [2.75, 3.05) is 5.32 Å². The van der Waals surface area contributed by atoms with Gasteiger partial charge in [0.15, 0.2) is 4.34 Å². The zero-order valence-corrected chi connectivity index (χ0v) is 18.8. The summed E-state index contributed by atoms with van der Waals surface area (Å²) in [4.78, 5) is 12.7. The molecule has 156 valence electrons. The molecule has 0 saturated heterocycles. The highest BCUT2D eigenvalue weighted by Gasteiger charge is 2.16. The van der Waals surface area contributed by atoms with Crippen LogP contribution in [0.1, 0.15) is 17.0 Å². The van der Waals surface area contributed by atoms with Crippen LogP contribution < -0.4 is 10.9 Å². The zero-order valence-electron chi connectivity index (χ0n) is 17.2. The quantitative estimate of drug-likeness (QED) is 0.404. The molecule has 31 heavy (non-hydrogen) atoms. The Morgan fingerprint density at radius 2 is 1.87 bits per heavy atom. The summed E-state index contributed by atoms with van der Waals surface area (Å²) in [6.07, 6.45) is 0. The number of hydrogen-bond donors (Lipinski definition) is 1. The third-order valence-electron chi connectivity index (χ3n) is 4.94. The van der Waals surface area contributed by atoms with Gasteiger partial charge in [-0.1, -0.05) is 46.9 Å². The molecular weight excluding hydrogens is 430 g/mol. The molecule has 0 aliphatic carbocycles. The van der Waals surface area contributed by atoms with Crippen molar-refractivity contribution < 1.29 is 0 Å². The first-order chi connectivity index (χ1) is 15.0. The molecule has 0 unspecified atom stereocenters. The minimum atomic E-state index is -0.0752. The van der Waals surface area contributed by atoms with E-state index < -0.39 is 0 Å². The van der Waals surface area contributed by atoms with E-state index in [4.69, 9.17) is 0 Å². The molecule has 0 aliphatic rings. The van der Waals surface area contributed by atoms with Crippen LogP contribution in [0.15, 0.2) is 51.6 Å². The molecule has 5 aromatic rings. The molecule has 10 heteroatoms. The maximum Gasteiger partial charge on any atom is 0.262 e. The summed E-state index contributed by atoms with van der Waals surface area (Å²) in [6.45, 7) is 4.03. The van der Waals surface area contributed by atoms with Gasteiger partial charge >= 0.3 is 0 Å². The highest BCUT2D eigenvalue weighted by Crippen LogP contribution is 2.30. The van der Waals surface area contributed by atoms with E-state index >= 15 is 0 Å². The lowest BCUT2D eigenvalue weighted by Crippen LogP contribution is -2.20. The van der Waals surface area contributed by atoms with Crippen LogP contribution in [-0.2, 0) is 12.8 Å². The van der Waals surface area contributed by atoms with Gasteiger partial charge in [0, 0.05) is 12.7 Å². The van der Waals surface area contributed by atoms with Gasteiger partial charge in [0.2, 0.25) is 10.9 Å². The lowest BCUT2D eigenvalue weighted by Gasteiger charge is -2.08. The fourth-order valence-corrected chi connectivity index (χ4v) is 5.13. The van der Waals surface area contributed by atoms with Crippen molar-refractivity contribution in [3.63, 3.8) is 0 Å². The van der Waals surface area contributed by atoms with Crippen molar-refractivity contribution in [1.82, 2.24) is 29.4 Å². The first-order valence-corrected chi connectivity index (χ1v) is 11.4. The Kier molecular flexibility index (Phi) is 4.95. The van der Waals surface area contributed by atoms with Gasteiger partial charge in [0.25, 0.3) is 5.56 Å². The average molecular weight is 450 g/mol. The Labute approximate surface area is 186 Å². The first-order valence-electron chi connectivity index (χ1n) is 9.63. The van der Waals surface area contributed by atoms with E-state index in [1.165, 1.54) is 21.5 Å². The van der Waals surface area contributed by atoms with Gasteiger partial charge in [-0.05, 0) is 43.7 Å². The Hall–Kier alpha value is -3.24. The number of anilines is 2. The molecule has 0 saturated carbocycles. The minimum Gasteiger partial charge on any atom is -0.330 e. The molecule has 0 atom stereocenters. The largest absolute Gasteiger partial charge is 0.330 e. The fourth-order valence-electron chi connectivity index (χ4n) is 3.44. The number of aryl methyl sites for hydroxylation is 3. The lowest BCUT2D eigenvalue weighted by atomic mass is 10.1. The highest BCUT2D eigenvalue weighted by atomic mass is 32.2. The maximum absolute atomic E-state index is 12.7. The molecule has 0 amide bonds. The second-order valence-electron chi connectivity index (χ2n) is 7.29. The number of thioether (sulfide) groups is 1. The summed E-state index contributed by atoms with van der Waals surface area (Å²) in [5, 5.41) is 21.8. The Balaban J connectivity index is 1.42. The van der Waals surface area contributed by atoms with E-state index in [9.17, 15) is 4.79 Å². The van der Waals surface area contributed by atoms with Gasteiger partial charge < -0.3 is 5.32 Å². The second kappa shape index (κ2) is 7.78. The predicted octanol–water partition coefficient (Wildman–Crippen LogP) is 4.09. The molecule has 0 radical (unpaired) electrons. The van der Waals surface area contributed by atoms with Gasteiger partial charge in [-0.15, -0.1) is 20.4 Å². The van der Waals surface area contributed by atoms with E-state index in [0.717, 1.165) is 32.1 Å². The molecule has 8 nitrogen and oxygen atoms in total. The molecule has 0 aliphatic heterocycles. The van der Waals surface area contributed by atoms with Crippen LogP contribution in [0.2, 0.25) is 0 Å². The fraction of sp³-hybridized carbons (Fsp3) is 0.190. The van der Waals surface area contributed by atoms with Crippen molar-refractivity contribution >= 4 is 50.6 Å².